The van der Waals surface area contributed by atoms with E-state index in [0.29, 0.717) is 0 Å². The molecular weight excluding hydrogens is 198 g/mol. The summed E-state index contributed by atoms with van der Waals surface area (Å²) in [6.07, 6.45) is 8.02. The highest BCUT2D eigenvalue weighted by atomic mass is 16.1. The van der Waals surface area contributed by atoms with Gasteiger partial charge >= 0.3 is 0 Å². The van der Waals surface area contributed by atoms with Crippen LogP contribution < -0.4 is 5.32 Å². The summed E-state index contributed by atoms with van der Waals surface area (Å²) in [5, 5.41) is 2.66. The van der Waals surface area contributed by atoms with E-state index in [0.717, 1.165) is 13.0 Å². The third kappa shape index (κ3) is 37.5. The van der Waals surface area contributed by atoms with Gasteiger partial charge in [-0.15, -0.1) is 0 Å². The molecule has 16 heavy (non-hydrogen) atoms. The van der Waals surface area contributed by atoms with E-state index < -0.39 is 0 Å². The van der Waals surface area contributed by atoms with Gasteiger partial charge < -0.3 is 5.32 Å². The van der Waals surface area contributed by atoms with Crippen molar-refractivity contribution in [2.75, 3.05) is 6.54 Å². The highest BCUT2D eigenvalue weighted by molar-refractivity contribution is 5.72. The maximum Gasteiger partial charge on any atom is 0.216 e. The highest BCUT2D eigenvalue weighted by Gasteiger charge is 1.83. The fourth-order valence-corrected chi connectivity index (χ4v) is 0.978. The monoisotopic (exact) mass is 231 g/mol. The van der Waals surface area contributed by atoms with Crippen molar-refractivity contribution in [3.8, 4) is 0 Å². The molecule has 0 heterocycles. The van der Waals surface area contributed by atoms with Gasteiger partial charge in [-0.3, -0.25) is 4.79 Å². The van der Waals surface area contributed by atoms with Gasteiger partial charge in [0.05, 0.1) is 0 Å². The Kier molecular flexibility index (Phi) is 31.2. The van der Waals surface area contributed by atoms with Gasteiger partial charge in [0, 0.05) is 13.5 Å². The minimum Gasteiger partial charge on any atom is -0.356 e. The van der Waals surface area contributed by atoms with E-state index in [4.69, 9.17) is 0 Å². The summed E-state index contributed by atoms with van der Waals surface area (Å²) in [6.45, 7) is 12.8. The first-order chi connectivity index (χ1) is 7.68. The molecule has 100 valence electrons. The van der Waals surface area contributed by atoms with Crippen molar-refractivity contribution in [1.82, 2.24) is 5.32 Å². The number of rotatable bonds is 6. The average Bonchev–Trinajstić information content (AvgIpc) is 2.30. The van der Waals surface area contributed by atoms with Gasteiger partial charge in [0.25, 0.3) is 0 Å². The first kappa shape index (κ1) is 20.8. The fraction of sp³-hybridized carbons (Fsp3) is 0.929. The standard InChI is InChI=1S/C7H16.C5H11NO.C2H6/c1-3-5-7-6-4-2;1-3-4-6-5(2)7;1-2/h3-7H2,1-2H3;3-4H2,1-2H3,(H,6,7);1-2H3. The molecule has 0 fully saturated rings. The normalized spacial score (nSPS) is 8.12. The van der Waals surface area contributed by atoms with E-state index in [-0.39, 0.29) is 5.91 Å². The number of unbranched alkanes of at least 4 members (excludes halogenated alkanes) is 4. The minimum absolute atomic E-state index is 0.0573. The molecule has 0 saturated carbocycles. The van der Waals surface area contributed by atoms with E-state index >= 15 is 0 Å². The van der Waals surface area contributed by atoms with Crippen LogP contribution in [0.5, 0.6) is 0 Å². The van der Waals surface area contributed by atoms with Crippen LogP contribution in [0, 0.1) is 0 Å². The molecule has 0 atom stereocenters. The van der Waals surface area contributed by atoms with Crippen LogP contribution in [0.25, 0.3) is 0 Å². The van der Waals surface area contributed by atoms with Gasteiger partial charge in [0.2, 0.25) is 5.91 Å². The molecule has 1 amide bonds. The summed E-state index contributed by atoms with van der Waals surface area (Å²) in [7, 11) is 0. The van der Waals surface area contributed by atoms with E-state index in [9.17, 15) is 4.79 Å². The Morgan fingerprint density at radius 2 is 1.31 bits per heavy atom. The smallest absolute Gasteiger partial charge is 0.216 e. The predicted octanol–water partition coefficient (Wildman–Crippen LogP) is 4.54. The molecule has 0 aromatic heterocycles. The molecule has 0 bridgehead atoms. The van der Waals surface area contributed by atoms with E-state index in [1.807, 2.05) is 20.8 Å². The zero-order valence-corrected chi connectivity index (χ0v) is 12.4. The van der Waals surface area contributed by atoms with Gasteiger partial charge in [0.15, 0.2) is 0 Å². The predicted molar refractivity (Wildman–Crippen MR) is 74.8 cm³/mol. The summed E-state index contributed by atoms with van der Waals surface area (Å²) in [6, 6.07) is 0. The molecule has 1 N–H and O–H groups in total. The van der Waals surface area contributed by atoms with Crippen LogP contribution in [-0.2, 0) is 4.79 Å². The Labute approximate surface area is 103 Å². The van der Waals surface area contributed by atoms with E-state index in [2.05, 4.69) is 19.2 Å². The number of carbonyl (C=O) groups excluding carboxylic acids is 1. The lowest BCUT2D eigenvalue weighted by molar-refractivity contribution is -0.118. The second-order valence-corrected chi connectivity index (χ2v) is 3.54. The second kappa shape index (κ2) is 24.0. The molecule has 0 spiro atoms. The Hall–Kier alpha value is -0.530. The quantitative estimate of drug-likeness (QED) is 0.668. The van der Waals surface area contributed by atoms with Gasteiger partial charge in [-0.2, -0.15) is 0 Å². The molecule has 0 aromatic carbocycles. The maximum atomic E-state index is 10.1. The molecule has 2 nitrogen and oxygen atoms in total. The number of amides is 1. The Morgan fingerprint density at radius 3 is 1.50 bits per heavy atom. The second-order valence-electron chi connectivity index (χ2n) is 3.54. The summed E-state index contributed by atoms with van der Waals surface area (Å²) in [5.41, 5.74) is 0. The Balaban J connectivity index is -0.000000183. The summed E-state index contributed by atoms with van der Waals surface area (Å²) in [5.74, 6) is 0.0573. The molecule has 0 aliphatic rings. The first-order valence-electron chi connectivity index (χ1n) is 6.93. The van der Waals surface area contributed by atoms with Crippen LogP contribution in [0.4, 0.5) is 0 Å². The van der Waals surface area contributed by atoms with Crippen molar-refractivity contribution in [1.29, 1.82) is 0 Å². The van der Waals surface area contributed by atoms with Crippen LogP contribution in [0.2, 0.25) is 0 Å². The molecule has 2 heteroatoms. The zero-order chi connectivity index (χ0) is 13.2. The molecular formula is C14H33NO. The van der Waals surface area contributed by atoms with E-state index in [1.54, 1.807) is 0 Å². The molecule has 0 rings (SSSR count). The van der Waals surface area contributed by atoms with Crippen LogP contribution in [0.1, 0.15) is 80.1 Å². The van der Waals surface area contributed by atoms with E-state index in [1.165, 1.54) is 39.0 Å². The minimum atomic E-state index is 0.0573. The van der Waals surface area contributed by atoms with Crippen molar-refractivity contribution in [2.45, 2.75) is 80.1 Å². The fourth-order valence-electron chi connectivity index (χ4n) is 0.978. The topological polar surface area (TPSA) is 29.1 Å². The highest BCUT2D eigenvalue weighted by Crippen LogP contribution is 2.00. The lowest BCUT2D eigenvalue weighted by atomic mass is 10.2. The third-order valence-corrected chi connectivity index (χ3v) is 1.83. The Bertz CT molecular complexity index is 109. The summed E-state index contributed by atoms with van der Waals surface area (Å²) in [4.78, 5) is 10.1. The number of hydrogen-bond donors (Lipinski definition) is 1. The number of carbonyl (C=O) groups is 1. The zero-order valence-electron chi connectivity index (χ0n) is 12.4. The largest absolute Gasteiger partial charge is 0.356 e. The van der Waals surface area contributed by atoms with Gasteiger partial charge in [0.1, 0.15) is 0 Å². The van der Waals surface area contributed by atoms with Crippen LogP contribution in [-0.4, -0.2) is 12.5 Å². The molecule has 0 saturated heterocycles. The van der Waals surface area contributed by atoms with Gasteiger partial charge in [-0.05, 0) is 6.42 Å². The lowest BCUT2D eigenvalue weighted by Crippen LogP contribution is -2.19. The van der Waals surface area contributed by atoms with Crippen LogP contribution >= 0.6 is 0 Å². The van der Waals surface area contributed by atoms with Crippen molar-refractivity contribution >= 4 is 5.91 Å². The molecule has 0 aliphatic heterocycles. The van der Waals surface area contributed by atoms with Crippen molar-refractivity contribution in [2.24, 2.45) is 0 Å². The third-order valence-electron chi connectivity index (χ3n) is 1.83. The lowest BCUT2D eigenvalue weighted by Gasteiger charge is -1.93. The van der Waals surface area contributed by atoms with Gasteiger partial charge in [-0.25, -0.2) is 0 Å². The Morgan fingerprint density at radius 1 is 0.875 bits per heavy atom. The van der Waals surface area contributed by atoms with Crippen molar-refractivity contribution < 1.29 is 4.79 Å². The average molecular weight is 231 g/mol. The van der Waals surface area contributed by atoms with Crippen molar-refractivity contribution in [3.05, 3.63) is 0 Å². The molecule has 0 aliphatic carbocycles. The number of hydrogen-bond acceptors (Lipinski definition) is 1. The van der Waals surface area contributed by atoms with Crippen LogP contribution in [0.15, 0.2) is 0 Å². The van der Waals surface area contributed by atoms with Crippen molar-refractivity contribution in [3.63, 3.8) is 0 Å². The molecule has 0 radical (unpaired) electrons. The summed E-state index contributed by atoms with van der Waals surface area (Å²) < 4.78 is 0. The molecule has 0 aromatic rings. The summed E-state index contributed by atoms with van der Waals surface area (Å²) >= 11 is 0. The van der Waals surface area contributed by atoms with Crippen LogP contribution in [0.3, 0.4) is 0 Å². The first-order valence-corrected chi connectivity index (χ1v) is 6.93. The molecule has 0 unspecified atom stereocenters. The SMILES string of the molecule is CC.CCCCCCC.CCCNC(C)=O. The number of nitrogens with one attached hydrogen (secondary N) is 1. The maximum absolute atomic E-state index is 10.1. The van der Waals surface area contributed by atoms with Gasteiger partial charge in [-0.1, -0.05) is 66.7 Å².